The van der Waals surface area contributed by atoms with Crippen molar-refractivity contribution in [2.45, 2.75) is 0 Å². The minimum atomic E-state index is -0.346. The molecule has 0 aromatic heterocycles. The van der Waals surface area contributed by atoms with Crippen LogP contribution in [0, 0.1) is 0 Å². The summed E-state index contributed by atoms with van der Waals surface area (Å²) in [4.78, 5) is 11.9. The van der Waals surface area contributed by atoms with Gasteiger partial charge in [0.05, 0.1) is 18.9 Å². The molecule has 0 saturated heterocycles. The van der Waals surface area contributed by atoms with Gasteiger partial charge in [-0.25, -0.2) is 5.43 Å². The molecular formula is C15H13BrN2O3. The lowest BCUT2D eigenvalue weighted by Gasteiger charge is -2.05. The van der Waals surface area contributed by atoms with Gasteiger partial charge in [-0.15, -0.1) is 0 Å². The predicted molar refractivity (Wildman–Crippen MR) is 83.9 cm³/mol. The molecule has 0 saturated carbocycles. The van der Waals surface area contributed by atoms with Crippen molar-refractivity contribution >= 4 is 28.1 Å². The lowest BCUT2D eigenvalue weighted by atomic mass is 10.2. The Kier molecular flexibility index (Phi) is 4.94. The molecule has 5 nitrogen and oxygen atoms in total. The Labute approximate surface area is 130 Å². The molecule has 2 N–H and O–H groups in total. The predicted octanol–water partition coefficient (Wildman–Crippen LogP) is 2.93. The van der Waals surface area contributed by atoms with Crippen molar-refractivity contribution in [2.24, 2.45) is 5.10 Å². The first kappa shape index (κ1) is 15.1. The highest BCUT2D eigenvalue weighted by molar-refractivity contribution is 9.10. The number of amides is 1. The Hall–Kier alpha value is -2.34. The summed E-state index contributed by atoms with van der Waals surface area (Å²) in [5.74, 6) is -0.0314. The van der Waals surface area contributed by atoms with Crippen LogP contribution in [0.2, 0.25) is 0 Å². The zero-order valence-corrected chi connectivity index (χ0v) is 12.8. The number of nitrogens with one attached hydrogen (secondary N) is 1. The van der Waals surface area contributed by atoms with E-state index >= 15 is 0 Å². The van der Waals surface area contributed by atoms with Crippen molar-refractivity contribution in [2.75, 3.05) is 7.11 Å². The number of nitrogens with zero attached hydrogens (tertiary/aromatic N) is 1. The summed E-state index contributed by atoms with van der Waals surface area (Å²) < 4.78 is 5.68. The lowest BCUT2D eigenvalue weighted by molar-refractivity contribution is 0.0954. The van der Waals surface area contributed by atoms with Gasteiger partial charge in [-0.2, -0.15) is 5.10 Å². The molecule has 0 spiro atoms. The van der Waals surface area contributed by atoms with Crippen molar-refractivity contribution in [3.05, 3.63) is 58.1 Å². The minimum absolute atomic E-state index is 0.0288. The number of phenolic OH excluding ortho intramolecular Hbond substituents is 1. The summed E-state index contributed by atoms with van der Waals surface area (Å²) in [6, 6.07) is 12.0. The summed E-state index contributed by atoms with van der Waals surface area (Å²) in [5, 5.41) is 13.7. The van der Waals surface area contributed by atoms with Crippen molar-refractivity contribution < 1.29 is 14.6 Å². The number of ether oxygens (including phenoxy) is 1. The van der Waals surface area contributed by atoms with Gasteiger partial charge in [0.1, 0.15) is 0 Å². The Balaban J connectivity index is 2.10. The molecule has 0 fully saturated rings. The fourth-order valence-electron chi connectivity index (χ4n) is 1.67. The molecule has 0 atom stereocenters. The molecular weight excluding hydrogens is 336 g/mol. The smallest absolute Gasteiger partial charge is 0.272 e. The number of phenols is 1. The summed E-state index contributed by atoms with van der Waals surface area (Å²) in [6.45, 7) is 0. The number of benzene rings is 2. The van der Waals surface area contributed by atoms with Crippen LogP contribution < -0.4 is 10.2 Å². The third-order valence-electron chi connectivity index (χ3n) is 2.74. The molecule has 21 heavy (non-hydrogen) atoms. The highest BCUT2D eigenvalue weighted by atomic mass is 79.9. The third-order valence-corrected chi connectivity index (χ3v) is 3.43. The fourth-order valence-corrected chi connectivity index (χ4v) is 2.14. The SMILES string of the molecule is COc1cccc(/C=N\NC(=O)c2ccccc2Br)c1O. The van der Waals surface area contributed by atoms with Gasteiger partial charge in [0.15, 0.2) is 11.5 Å². The van der Waals surface area contributed by atoms with Crippen molar-refractivity contribution in [3.8, 4) is 11.5 Å². The van der Waals surface area contributed by atoms with E-state index in [2.05, 4.69) is 26.5 Å². The molecule has 2 rings (SSSR count). The summed E-state index contributed by atoms with van der Waals surface area (Å²) in [6.07, 6.45) is 1.35. The number of halogens is 1. The number of carbonyl (C=O) groups excluding carboxylic acids is 1. The molecule has 0 aliphatic carbocycles. The highest BCUT2D eigenvalue weighted by Gasteiger charge is 2.08. The van der Waals surface area contributed by atoms with Crippen LogP contribution in [0.4, 0.5) is 0 Å². The fraction of sp³-hybridized carbons (Fsp3) is 0.0667. The van der Waals surface area contributed by atoms with Gasteiger partial charge in [-0.05, 0) is 40.2 Å². The van der Waals surface area contributed by atoms with E-state index in [1.807, 2.05) is 6.07 Å². The quantitative estimate of drug-likeness (QED) is 0.659. The third kappa shape index (κ3) is 3.61. The average molecular weight is 349 g/mol. The Morgan fingerprint density at radius 2 is 2.05 bits per heavy atom. The Morgan fingerprint density at radius 1 is 1.29 bits per heavy atom. The molecule has 0 bridgehead atoms. The molecule has 108 valence electrons. The van der Waals surface area contributed by atoms with Crippen LogP contribution in [0.1, 0.15) is 15.9 Å². The first-order chi connectivity index (χ1) is 10.1. The van der Waals surface area contributed by atoms with Crippen LogP contribution in [-0.4, -0.2) is 24.3 Å². The molecule has 0 unspecified atom stereocenters. The second-order valence-corrected chi connectivity index (χ2v) is 4.93. The number of methoxy groups -OCH3 is 1. The minimum Gasteiger partial charge on any atom is -0.504 e. The number of rotatable bonds is 4. The van der Waals surface area contributed by atoms with Crippen LogP contribution in [0.3, 0.4) is 0 Å². The van der Waals surface area contributed by atoms with Gasteiger partial charge in [0.2, 0.25) is 0 Å². The van der Waals surface area contributed by atoms with E-state index in [9.17, 15) is 9.90 Å². The second-order valence-electron chi connectivity index (χ2n) is 4.08. The Morgan fingerprint density at radius 3 is 2.76 bits per heavy atom. The van der Waals surface area contributed by atoms with E-state index in [-0.39, 0.29) is 11.7 Å². The van der Waals surface area contributed by atoms with Crippen LogP contribution in [0.25, 0.3) is 0 Å². The van der Waals surface area contributed by atoms with E-state index < -0.39 is 0 Å². The van der Waals surface area contributed by atoms with E-state index in [1.54, 1.807) is 36.4 Å². The van der Waals surface area contributed by atoms with Crippen LogP contribution in [0.15, 0.2) is 52.0 Å². The summed E-state index contributed by atoms with van der Waals surface area (Å²) >= 11 is 3.29. The maximum Gasteiger partial charge on any atom is 0.272 e. The second kappa shape index (κ2) is 6.90. The van der Waals surface area contributed by atoms with E-state index in [0.717, 1.165) is 0 Å². The van der Waals surface area contributed by atoms with Crippen molar-refractivity contribution in [3.63, 3.8) is 0 Å². The highest BCUT2D eigenvalue weighted by Crippen LogP contribution is 2.27. The molecule has 0 aliphatic rings. The van der Waals surface area contributed by atoms with E-state index in [4.69, 9.17) is 4.74 Å². The van der Waals surface area contributed by atoms with Crippen LogP contribution in [0.5, 0.6) is 11.5 Å². The number of hydrogen-bond acceptors (Lipinski definition) is 4. The first-order valence-electron chi connectivity index (χ1n) is 6.07. The Bertz CT molecular complexity index is 686. The normalized spacial score (nSPS) is 10.6. The van der Waals surface area contributed by atoms with Crippen molar-refractivity contribution in [1.29, 1.82) is 0 Å². The molecule has 2 aromatic carbocycles. The number of hydrazone groups is 1. The van der Waals surface area contributed by atoms with Gasteiger partial charge in [-0.1, -0.05) is 18.2 Å². The maximum absolute atomic E-state index is 11.9. The van der Waals surface area contributed by atoms with Crippen LogP contribution >= 0.6 is 15.9 Å². The topological polar surface area (TPSA) is 70.9 Å². The first-order valence-corrected chi connectivity index (χ1v) is 6.86. The number of carbonyl (C=O) groups is 1. The molecule has 0 aliphatic heterocycles. The molecule has 2 aromatic rings. The van der Waals surface area contributed by atoms with Crippen molar-refractivity contribution in [1.82, 2.24) is 5.43 Å². The van der Waals surface area contributed by atoms with Crippen LogP contribution in [-0.2, 0) is 0 Å². The van der Waals surface area contributed by atoms with Gasteiger partial charge in [0, 0.05) is 10.0 Å². The number of aromatic hydroxyl groups is 1. The van der Waals surface area contributed by atoms with Gasteiger partial charge >= 0.3 is 0 Å². The molecule has 6 heteroatoms. The molecule has 0 radical (unpaired) electrons. The lowest BCUT2D eigenvalue weighted by Crippen LogP contribution is -2.18. The summed E-state index contributed by atoms with van der Waals surface area (Å²) in [5.41, 5.74) is 3.32. The number of hydrogen-bond donors (Lipinski definition) is 2. The molecule has 1 amide bonds. The zero-order valence-electron chi connectivity index (χ0n) is 11.2. The average Bonchev–Trinajstić information content (AvgIpc) is 2.49. The van der Waals surface area contributed by atoms with Gasteiger partial charge in [-0.3, -0.25) is 4.79 Å². The summed E-state index contributed by atoms with van der Waals surface area (Å²) in [7, 11) is 1.46. The maximum atomic E-state index is 11.9. The van der Waals surface area contributed by atoms with E-state index in [0.29, 0.717) is 21.3 Å². The zero-order chi connectivity index (χ0) is 15.2. The monoisotopic (exact) mass is 348 g/mol. The molecule has 0 heterocycles. The largest absolute Gasteiger partial charge is 0.504 e. The van der Waals surface area contributed by atoms with Gasteiger partial charge in [0.25, 0.3) is 5.91 Å². The standard InChI is InChI=1S/C15H13BrN2O3/c1-21-13-8-4-5-10(14(13)19)9-17-18-15(20)11-6-2-3-7-12(11)16/h2-9,19H,1H3,(H,18,20)/b17-9-. The van der Waals surface area contributed by atoms with E-state index in [1.165, 1.54) is 13.3 Å². The number of para-hydroxylation sites is 1. The van der Waals surface area contributed by atoms with Gasteiger partial charge < -0.3 is 9.84 Å².